The Kier molecular flexibility index (Phi) is 6.02. The average Bonchev–Trinajstić information content (AvgIpc) is 2.36. The maximum absolute atomic E-state index is 5.38. The number of aryl methyl sites for hydroxylation is 1. The molecule has 0 unspecified atom stereocenters. The summed E-state index contributed by atoms with van der Waals surface area (Å²) in [5.74, 6) is 7.55. The number of aromatic nitrogens is 2. The third kappa shape index (κ3) is 5.87. The Morgan fingerprint density at radius 1 is 1.21 bits per heavy atom. The van der Waals surface area contributed by atoms with E-state index in [9.17, 15) is 0 Å². The molecule has 0 saturated carbocycles. The third-order valence-electron chi connectivity index (χ3n) is 3.19. The molecule has 1 aromatic heterocycles. The predicted octanol–water partition coefficient (Wildman–Crippen LogP) is 3.09. The van der Waals surface area contributed by atoms with E-state index in [-0.39, 0.29) is 5.41 Å². The van der Waals surface area contributed by atoms with Crippen molar-refractivity contribution >= 4 is 11.6 Å². The van der Waals surface area contributed by atoms with Crippen molar-refractivity contribution in [2.75, 3.05) is 17.3 Å². The van der Waals surface area contributed by atoms with Gasteiger partial charge in [0.05, 0.1) is 0 Å². The molecule has 1 aromatic rings. The van der Waals surface area contributed by atoms with Crippen LogP contribution in [0.2, 0.25) is 0 Å². The summed E-state index contributed by atoms with van der Waals surface area (Å²) in [5, 5.41) is 3.38. The molecule has 0 radical (unpaired) electrons. The van der Waals surface area contributed by atoms with Gasteiger partial charge in [0.15, 0.2) is 0 Å². The van der Waals surface area contributed by atoms with Crippen LogP contribution in [0.3, 0.4) is 0 Å². The van der Waals surface area contributed by atoms with Gasteiger partial charge >= 0.3 is 0 Å². The fraction of sp³-hybridized carbons (Fsp3) is 0.714. The summed E-state index contributed by atoms with van der Waals surface area (Å²) in [7, 11) is 0. The van der Waals surface area contributed by atoms with Gasteiger partial charge in [-0.2, -0.15) is 0 Å². The predicted molar refractivity (Wildman–Crippen MR) is 81.0 cm³/mol. The lowest BCUT2D eigenvalue weighted by molar-refractivity contribution is 0.342. The molecule has 0 fully saturated rings. The Morgan fingerprint density at radius 3 is 2.53 bits per heavy atom. The molecule has 0 bridgehead atoms. The summed E-state index contributed by atoms with van der Waals surface area (Å²) in [4.78, 5) is 8.53. The van der Waals surface area contributed by atoms with Crippen molar-refractivity contribution in [3.63, 3.8) is 0 Å². The highest BCUT2D eigenvalue weighted by Crippen LogP contribution is 2.24. The Labute approximate surface area is 116 Å². The number of anilines is 2. The number of nitrogens with two attached hydrogens (primary N) is 1. The first-order valence-corrected chi connectivity index (χ1v) is 7.03. The van der Waals surface area contributed by atoms with Crippen LogP contribution in [0, 0.1) is 12.3 Å². The van der Waals surface area contributed by atoms with Crippen LogP contribution in [0.5, 0.6) is 0 Å². The summed E-state index contributed by atoms with van der Waals surface area (Å²) >= 11 is 0. The van der Waals surface area contributed by atoms with Crippen LogP contribution in [0.1, 0.15) is 52.3 Å². The molecule has 19 heavy (non-hydrogen) atoms. The molecule has 0 amide bonds. The highest BCUT2D eigenvalue weighted by Gasteiger charge is 2.17. The second-order valence-electron chi connectivity index (χ2n) is 5.80. The first kappa shape index (κ1) is 15.7. The summed E-state index contributed by atoms with van der Waals surface area (Å²) in [6.07, 6.45) is 5.07. The Hall–Kier alpha value is -1.36. The smallest absolute Gasteiger partial charge is 0.145 e. The molecule has 5 heteroatoms. The number of nitrogens with one attached hydrogen (secondary N) is 2. The summed E-state index contributed by atoms with van der Waals surface area (Å²) < 4.78 is 0. The first-order valence-electron chi connectivity index (χ1n) is 7.03. The van der Waals surface area contributed by atoms with Crippen molar-refractivity contribution < 1.29 is 0 Å². The fourth-order valence-corrected chi connectivity index (χ4v) is 2.00. The third-order valence-corrected chi connectivity index (χ3v) is 3.19. The minimum absolute atomic E-state index is 0.268. The molecule has 0 aliphatic heterocycles. The zero-order chi connectivity index (χ0) is 14.3. The van der Waals surface area contributed by atoms with Gasteiger partial charge in [-0.05, 0) is 18.8 Å². The van der Waals surface area contributed by atoms with Crippen molar-refractivity contribution in [2.24, 2.45) is 11.3 Å². The van der Waals surface area contributed by atoms with E-state index in [1.54, 1.807) is 0 Å². The highest BCUT2D eigenvalue weighted by atomic mass is 15.3. The van der Waals surface area contributed by atoms with E-state index in [4.69, 9.17) is 5.84 Å². The molecular weight excluding hydrogens is 238 g/mol. The number of nitrogens with zero attached hydrogens (tertiary/aromatic N) is 2. The minimum atomic E-state index is 0.268. The molecular formula is C14H27N5. The molecule has 4 N–H and O–H groups in total. The number of rotatable bonds is 8. The van der Waals surface area contributed by atoms with E-state index < -0.39 is 0 Å². The molecule has 0 aromatic carbocycles. The van der Waals surface area contributed by atoms with Gasteiger partial charge in [0, 0.05) is 12.6 Å². The van der Waals surface area contributed by atoms with E-state index in [2.05, 4.69) is 41.5 Å². The van der Waals surface area contributed by atoms with Gasteiger partial charge < -0.3 is 10.7 Å². The largest absolute Gasteiger partial charge is 0.369 e. The second kappa shape index (κ2) is 7.28. The zero-order valence-electron chi connectivity index (χ0n) is 12.6. The quantitative estimate of drug-likeness (QED) is 0.382. The van der Waals surface area contributed by atoms with Crippen LogP contribution in [-0.4, -0.2) is 16.5 Å². The van der Waals surface area contributed by atoms with Gasteiger partial charge in [-0.25, -0.2) is 15.8 Å². The molecule has 0 saturated heterocycles. The van der Waals surface area contributed by atoms with Gasteiger partial charge in [0.1, 0.15) is 17.5 Å². The van der Waals surface area contributed by atoms with Crippen LogP contribution in [0.15, 0.2) is 6.07 Å². The van der Waals surface area contributed by atoms with E-state index in [0.29, 0.717) is 11.6 Å². The van der Waals surface area contributed by atoms with Crippen molar-refractivity contribution in [3.05, 3.63) is 11.9 Å². The van der Waals surface area contributed by atoms with Crippen LogP contribution in [-0.2, 0) is 0 Å². The molecule has 108 valence electrons. The van der Waals surface area contributed by atoms with Crippen LogP contribution in [0.4, 0.5) is 11.6 Å². The monoisotopic (exact) mass is 265 g/mol. The molecule has 1 rings (SSSR count). The van der Waals surface area contributed by atoms with Crippen LogP contribution in [0.25, 0.3) is 0 Å². The maximum Gasteiger partial charge on any atom is 0.145 e. The number of nitrogen functional groups attached to an aromatic ring is 1. The van der Waals surface area contributed by atoms with Crippen molar-refractivity contribution in [2.45, 2.75) is 53.4 Å². The minimum Gasteiger partial charge on any atom is -0.369 e. The number of unbranched alkanes of at least 4 members (excludes halogenated alkanes) is 2. The average molecular weight is 265 g/mol. The lowest BCUT2D eigenvalue weighted by Gasteiger charge is -2.25. The van der Waals surface area contributed by atoms with E-state index in [0.717, 1.165) is 12.4 Å². The van der Waals surface area contributed by atoms with Crippen molar-refractivity contribution in [3.8, 4) is 0 Å². The zero-order valence-corrected chi connectivity index (χ0v) is 12.6. The SMILES string of the molecule is CCCCCC(C)(C)CNc1cc(NN)nc(C)n1. The topological polar surface area (TPSA) is 75.9 Å². The van der Waals surface area contributed by atoms with Crippen molar-refractivity contribution in [1.29, 1.82) is 0 Å². The van der Waals surface area contributed by atoms with Gasteiger partial charge in [-0.15, -0.1) is 0 Å². The van der Waals surface area contributed by atoms with Gasteiger partial charge in [0.25, 0.3) is 0 Å². The Morgan fingerprint density at radius 2 is 1.89 bits per heavy atom. The molecule has 0 aliphatic carbocycles. The summed E-state index contributed by atoms with van der Waals surface area (Å²) in [6.45, 7) is 9.56. The molecule has 0 spiro atoms. The summed E-state index contributed by atoms with van der Waals surface area (Å²) in [6, 6.07) is 1.83. The van der Waals surface area contributed by atoms with Gasteiger partial charge in [0.2, 0.25) is 0 Å². The molecule has 0 atom stereocenters. The van der Waals surface area contributed by atoms with E-state index in [1.165, 1.54) is 25.7 Å². The standard InChI is InChI=1S/C14H27N5/c1-5-6-7-8-14(3,4)10-16-12-9-13(19-15)18-11(2)17-12/h9H,5-8,10,15H2,1-4H3,(H2,16,17,18,19). The van der Waals surface area contributed by atoms with Gasteiger partial charge in [-0.3, -0.25) is 0 Å². The van der Waals surface area contributed by atoms with Crippen molar-refractivity contribution in [1.82, 2.24) is 9.97 Å². The summed E-state index contributed by atoms with van der Waals surface area (Å²) in [5.41, 5.74) is 2.82. The Balaban J connectivity index is 2.53. The van der Waals surface area contributed by atoms with Crippen LogP contribution >= 0.6 is 0 Å². The maximum atomic E-state index is 5.38. The molecule has 0 aliphatic rings. The van der Waals surface area contributed by atoms with Crippen LogP contribution < -0.4 is 16.6 Å². The lowest BCUT2D eigenvalue weighted by atomic mass is 9.87. The fourth-order valence-electron chi connectivity index (χ4n) is 2.00. The van der Waals surface area contributed by atoms with E-state index >= 15 is 0 Å². The normalized spacial score (nSPS) is 11.4. The Bertz CT molecular complexity index is 389. The number of hydrogen-bond acceptors (Lipinski definition) is 5. The molecule has 1 heterocycles. The first-order chi connectivity index (χ1) is 8.96. The van der Waals surface area contributed by atoms with E-state index in [1.807, 2.05) is 13.0 Å². The number of hydrazine groups is 1. The second-order valence-corrected chi connectivity index (χ2v) is 5.80. The van der Waals surface area contributed by atoms with Gasteiger partial charge in [-0.1, -0.05) is 40.0 Å². The number of hydrogen-bond donors (Lipinski definition) is 3. The molecule has 5 nitrogen and oxygen atoms in total. The highest BCUT2D eigenvalue weighted by molar-refractivity contribution is 5.46. The lowest BCUT2D eigenvalue weighted by Crippen LogP contribution is -2.23.